The number of nitrogen functional groups attached to an aromatic ring is 1. The molecule has 0 fully saturated rings. The lowest BCUT2D eigenvalue weighted by Crippen LogP contribution is -2.15. The zero-order valence-corrected chi connectivity index (χ0v) is 11.9. The topological polar surface area (TPSA) is 138 Å². The van der Waals surface area contributed by atoms with Gasteiger partial charge in [-0.3, -0.25) is 4.72 Å². The van der Waals surface area contributed by atoms with E-state index in [1.807, 2.05) is 6.92 Å². The number of aromatic amines is 1. The molecule has 112 valence electrons. The number of anilines is 2. The van der Waals surface area contributed by atoms with E-state index in [1.54, 1.807) is 0 Å². The van der Waals surface area contributed by atoms with Gasteiger partial charge in [-0.2, -0.15) is 8.42 Å². The molecule has 0 bridgehead atoms. The number of nitrogens with two attached hydrogens (primary N) is 1. The van der Waals surface area contributed by atoms with Crippen LogP contribution in [-0.4, -0.2) is 29.5 Å². The predicted molar refractivity (Wildman–Crippen MR) is 76.6 cm³/mol. The molecule has 9 heteroatoms. The first-order valence-electron chi connectivity index (χ1n) is 6.03. The number of imidazole rings is 1. The largest absolute Gasteiger partial charge is 0.478 e. The van der Waals surface area contributed by atoms with E-state index in [-0.39, 0.29) is 22.0 Å². The number of rotatable bonds is 5. The van der Waals surface area contributed by atoms with E-state index in [9.17, 15) is 13.2 Å². The number of hydrogen-bond acceptors (Lipinski definition) is 5. The Bertz CT molecular complexity index is 782. The summed E-state index contributed by atoms with van der Waals surface area (Å²) in [5, 5.41) is 8.75. The molecule has 0 aliphatic rings. The zero-order valence-electron chi connectivity index (χ0n) is 11.1. The maximum atomic E-state index is 12.1. The van der Waals surface area contributed by atoms with E-state index in [4.69, 9.17) is 10.8 Å². The number of H-pyrrole nitrogens is 1. The summed E-state index contributed by atoms with van der Waals surface area (Å²) >= 11 is 0. The molecule has 0 aliphatic heterocycles. The highest BCUT2D eigenvalue weighted by atomic mass is 32.2. The number of nitrogens with zero attached hydrogens (tertiary/aromatic N) is 1. The molecular formula is C12H14N4O4S. The van der Waals surface area contributed by atoms with Crippen molar-refractivity contribution >= 4 is 27.4 Å². The van der Waals surface area contributed by atoms with Crippen molar-refractivity contribution in [1.29, 1.82) is 0 Å². The third-order valence-corrected chi connectivity index (χ3v) is 4.05. The average molecular weight is 310 g/mol. The molecule has 21 heavy (non-hydrogen) atoms. The lowest BCUT2D eigenvalue weighted by Gasteiger charge is -2.09. The highest BCUT2D eigenvalue weighted by Gasteiger charge is 2.18. The molecule has 2 rings (SSSR count). The molecule has 0 aliphatic carbocycles. The van der Waals surface area contributed by atoms with Gasteiger partial charge in [-0.1, -0.05) is 6.92 Å². The Balaban J connectivity index is 2.30. The number of carboxylic acids is 1. The first-order chi connectivity index (χ1) is 9.83. The van der Waals surface area contributed by atoms with Crippen LogP contribution in [0.25, 0.3) is 0 Å². The maximum absolute atomic E-state index is 12.1. The number of carboxylic acid groups (broad SMARTS) is 1. The Morgan fingerprint density at radius 1 is 1.48 bits per heavy atom. The molecule has 1 heterocycles. The van der Waals surface area contributed by atoms with E-state index < -0.39 is 16.0 Å². The summed E-state index contributed by atoms with van der Waals surface area (Å²) in [4.78, 5) is 17.4. The van der Waals surface area contributed by atoms with Crippen molar-refractivity contribution in [1.82, 2.24) is 9.97 Å². The number of nitrogens with one attached hydrogen (secondary N) is 2. The molecule has 0 spiro atoms. The normalized spacial score (nSPS) is 11.3. The average Bonchev–Trinajstić information content (AvgIpc) is 2.90. The number of aromatic carboxylic acids is 1. The number of benzene rings is 1. The quantitative estimate of drug-likeness (QED) is 0.609. The number of sulfonamides is 1. The van der Waals surface area contributed by atoms with Crippen LogP contribution in [0.4, 0.5) is 11.4 Å². The first-order valence-corrected chi connectivity index (χ1v) is 7.51. The monoisotopic (exact) mass is 310 g/mol. The van der Waals surface area contributed by atoms with Gasteiger partial charge < -0.3 is 15.8 Å². The summed E-state index contributed by atoms with van der Waals surface area (Å²) in [7, 11) is -3.85. The van der Waals surface area contributed by atoms with E-state index in [1.165, 1.54) is 24.4 Å². The molecule has 0 radical (unpaired) electrons. The zero-order chi connectivity index (χ0) is 15.6. The van der Waals surface area contributed by atoms with E-state index >= 15 is 0 Å². The Labute approximate surface area is 121 Å². The summed E-state index contributed by atoms with van der Waals surface area (Å²) in [6.07, 6.45) is 1.79. The van der Waals surface area contributed by atoms with Crippen LogP contribution in [0.15, 0.2) is 29.4 Å². The molecule has 0 amide bonds. The highest BCUT2D eigenvalue weighted by molar-refractivity contribution is 7.92. The van der Waals surface area contributed by atoms with Gasteiger partial charge in [0.25, 0.3) is 10.0 Å². The minimum absolute atomic E-state index is 0.0219. The second-order valence-electron chi connectivity index (χ2n) is 4.26. The van der Waals surface area contributed by atoms with Crippen molar-refractivity contribution in [2.75, 3.05) is 10.5 Å². The van der Waals surface area contributed by atoms with Crippen molar-refractivity contribution in [3.8, 4) is 0 Å². The minimum Gasteiger partial charge on any atom is -0.478 e. The van der Waals surface area contributed by atoms with Crippen molar-refractivity contribution in [3.63, 3.8) is 0 Å². The number of hydrogen-bond donors (Lipinski definition) is 4. The van der Waals surface area contributed by atoms with Gasteiger partial charge in [0.05, 0.1) is 23.1 Å². The fourth-order valence-electron chi connectivity index (χ4n) is 1.65. The van der Waals surface area contributed by atoms with Gasteiger partial charge in [-0.25, -0.2) is 9.78 Å². The van der Waals surface area contributed by atoms with Gasteiger partial charge in [-0.15, -0.1) is 0 Å². The Kier molecular flexibility index (Phi) is 3.85. The van der Waals surface area contributed by atoms with Gasteiger partial charge in [0.15, 0.2) is 5.03 Å². The molecule has 8 nitrogen and oxygen atoms in total. The van der Waals surface area contributed by atoms with E-state index in [0.717, 1.165) is 0 Å². The summed E-state index contributed by atoms with van der Waals surface area (Å²) in [5.74, 6) is -0.596. The summed E-state index contributed by atoms with van der Waals surface area (Å²) in [6, 6.07) is 3.75. The highest BCUT2D eigenvalue weighted by Crippen LogP contribution is 2.23. The van der Waals surface area contributed by atoms with Crippen LogP contribution in [0.2, 0.25) is 0 Å². The second-order valence-corrected chi connectivity index (χ2v) is 5.91. The Morgan fingerprint density at radius 2 is 2.19 bits per heavy atom. The van der Waals surface area contributed by atoms with Crippen LogP contribution < -0.4 is 10.5 Å². The summed E-state index contributed by atoms with van der Waals surface area (Å²) in [5.41, 5.74) is 5.76. The van der Waals surface area contributed by atoms with Crippen LogP contribution in [-0.2, 0) is 16.4 Å². The van der Waals surface area contributed by atoms with Gasteiger partial charge in [0.2, 0.25) is 0 Å². The molecule has 1 aromatic carbocycles. The van der Waals surface area contributed by atoms with Gasteiger partial charge in [0.1, 0.15) is 5.82 Å². The molecule has 0 atom stereocenters. The molecule has 1 aromatic heterocycles. The predicted octanol–water partition coefficient (Wildman–Crippen LogP) is 1.05. The van der Waals surface area contributed by atoms with Crippen LogP contribution >= 0.6 is 0 Å². The first kappa shape index (κ1) is 14.9. The molecule has 0 saturated heterocycles. The Hall–Kier alpha value is -2.55. The van der Waals surface area contributed by atoms with Gasteiger partial charge in [-0.05, 0) is 18.2 Å². The van der Waals surface area contributed by atoms with Crippen molar-refractivity contribution in [2.24, 2.45) is 0 Å². The fourth-order valence-corrected chi connectivity index (χ4v) is 2.68. The fraction of sp³-hybridized carbons (Fsp3) is 0.167. The number of carbonyl (C=O) groups is 1. The van der Waals surface area contributed by atoms with Gasteiger partial charge >= 0.3 is 5.97 Å². The number of aryl methyl sites for hydroxylation is 1. The lowest BCUT2D eigenvalue weighted by molar-refractivity contribution is 0.0697. The third-order valence-electron chi connectivity index (χ3n) is 2.77. The molecular weight excluding hydrogens is 296 g/mol. The maximum Gasteiger partial charge on any atom is 0.335 e. The van der Waals surface area contributed by atoms with Gasteiger partial charge in [0, 0.05) is 6.42 Å². The lowest BCUT2D eigenvalue weighted by atomic mass is 10.2. The summed E-state index contributed by atoms with van der Waals surface area (Å²) < 4.78 is 26.6. The third kappa shape index (κ3) is 3.14. The SMILES string of the molecule is CCc1ncc(S(=O)(=O)Nc2ccc(C(=O)O)cc2N)[nH]1. The van der Waals surface area contributed by atoms with Crippen molar-refractivity contribution in [3.05, 3.63) is 35.8 Å². The van der Waals surface area contributed by atoms with Crippen LogP contribution in [0, 0.1) is 0 Å². The van der Waals surface area contributed by atoms with Crippen LogP contribution in [0.3, 0.4) is 0 Å². The van der Waals surface area contributed by atoms with Crippen molar-refractivity contribution < 1.29 is 18.3 Å². The smallest absolute Gasteiger partial charge is 0.335 e. The standard InChI is InChI=1S/C12H14N4O4S/c1-2-10-14-6-11(15-10)21(19,20)16-9-4-3-7(12(17)18)5-8(9)13/h3-6,16H,2,13H2,1H3,(H,14,15)(H,17,18). The van der Waals surface area contributed by atoms with Crippen LogP contribution in [0.5, 0.6) is 0 Å². The van der Waals surface area contributed by atoms with E-state index in [0.29, 0.717) is 12.2 Å². The number of aromatic nitrogens is 2. The van der Waals surface area contributed by atoms with Crippen LogP contribution in [0.1, 0.15) is 23.1 Å². The van der Waals surface area contributed by atoms with Crippen molar-refractivity contribution in [2.45, 2.75) is 18.4 Å². The molecule has 2 aromatic rings. The molecule has 0 saturated carbocycles. The Morgan fingerprint density at radius 3 is 2.71 bits per heavy atom. The second kappa shape index (κ2) is 5.44. The molecule has 0 unspecified atom stereocenters. The summed E-state index contributed by atoms with van der Waals surface area (Å²) in [6.45, 7) is 1.84. The van der Waals surface area contributed by atoms with E-state index in [2.05, 4.69) is 14.7 Å². The molecule has 5 N–H and O–H groups in total. The minimum atomic E-state index is -3.85.